The number of benzene rings is 1. The number of hydrogen-bond acceptors (Lipinski definition) is 8. The molecule has 1 aromatic rings. The number of likely N-dealkylation sites (N-methyl/N-ethyl adjacent to an activating group) is 1. The zero-order valence-corrected chi connectivity index (χ0v) is 32.7. The number of hydrogen-bond donors (Lipinski definition) is 5. The molecule has 2 aliphatic carbocycles. The van der Waals surface area contributed by atoms with Crippen molar-refractivity contribution in [2.45, 2.75) is 135 Å². The molecule has 0 radical (unpaired) electrons. The van der Waals surface area contributed by atoms with E-state index in [2.05, 4.69) is 63.9 Å². The van der Waals surface area contributed by atoms with E-state index < -0.39 is 30.3 Å². The fraction of sp³-hybridized carbons (Fsp3) is 0.769. The molecule has 11 heteroatoms. The zero-order chi connectivity index (χ0) is 37.3. The number of thiol groups is 1. The van der Waals surface area contributed by atoms with Crippen molar-refractivity contribution >= 4 is 30.6 Å². The van der Waals surface area contributed by atoms with Crippen molar-refractivity contribution in [1.82, 2.24) is 15.5 Å². The smallest absolute Gasteiger partial charge is 0.410 e. The van der Waals surface area contributed by atoms with E-state index in [9.17, 15) is 24.6 Å². The summed E-state index contributed by atoms with van der Waals surface area (Å²) in [5.41, 5.74) is 1.07. The van der Waals surface area contributed by atoms with Gasteiger partial charge in [-0.15, -0.1) is 0 Å². The van der Waals surface area contributed by atoms with Crippen LogP contribution in [0.3, 0.4) is 0 Å². The molecule has 10 nitrogen and oxygen atoms in total. The van der Waals surface area contributed by atoms with E-state index in [1.54, 1.807) is 20.9 Å². The second-order valence-electron chi connectivity index (χ2n) is 16.7. The first kappa shape index (κ1) is 41.9. The minimum atomic E-state index is -1.14. The molecule has 4 N–H and O–H groups in total. The summed E-state index contributed by atoms with van der Waals surface area (Å²) in [4.78, 5) is 39.6. The lowest BCUT2D eigenvalue weighted by Crippen LogP contribution is -2.56. The van der Waals surface area contributed by atoms with Gasteiger partial charge < -0.3 is 30.3 Å². The number of aliphatic hydroxyl groups is 1. The number of rotatable bonds is 20. The van der Waals surface area contributed by atoms with E-state index in [1.165, 1.54) is 4.90 Å². The molecule has 284 valence electrons. The minimum Gasteiger partial charge on any atom is -0.482 e. The molecular weight excluding hydrogens is 655 g/mol. The Morgan fingerprint density at radius 1 is 1.06 bits per heavy atom. The Balaban J connectivity index is 1.65. The zero-order valence-electron chi connectivity index (χ0n) is 31.8. The van der Waals surface area contributed by atoms with Crippen LogP contribution in [0.15, 0.2) is 18.2 Å². The highest BCUT2D eigenvalue weighted by molar-refractivity contribution is 7.81. The second-order valence-corrected chi connectivity index (χ2v) is 17.9. The Labute approximate surface area is 306 Å². The van der Waals surface area contributed by atoms with Crippen LogP contribution < -0.4 is 15.4 Å². The van der Waals surface area contributed by atoms with Crippen LogP contribution in [0.25, 0.3) is 0 Å². The lowest BCUT2D eigenvalue weighted by molar-refractivity contribution is -0.139. The summed E-state index contributed by atoms with van der Waals surface area (Å²) in [7, 11) is 1.61. The normalized spacial score (nSPS) is 21.2. The van der Waals surface area contributed by atoms with Crippen LogP contribution in [0.1, 0.15) is 111 Å². The molecule has 1 fully saturated rings. The Morgan fingerprint density at radius 2 is 1.78 bits per heavy atom. The number of nitrogens with zero attached hydrogens (tertiary/aromatic N) is 1. The number of amides is 2. The first-order chi connectivity index (χ1) is 23.3. The van der Waals surface area contributed by atoms with Crippen molar-refractivity contribution in [3.8, 4) is 5.75 Å². The van der Waals surface area contributed by atoms with E-state index in [-0.39, 0.29) is 39.9 Å². The van der Waals surface area contributed by atoms with E-state index in [4.69, 9.17) is 9.47 Å². The van der Waals surface area contributed by atoms with Gasteiger partial charge in [-0.25, -0.2) is 9.59 Å². The van der Waals surface area contributed by atoms with Crippen LogP contribution in [-0.2, 0) is 27.2 Å². The third-order valence-corrected chi connectivity index (χ3v) is 10.8. The van der Waals surface area contributed by atoms with Gasteiger partial charge in [-0.3, -0.25) is 9.69 Å². The monoisotopic (exact) mass is 719 g/mol. The highest BCUT2D eigenvalue weighted by Crippen LogP contribution is 2.49. The Bertz CT molecular complexity index is 1280. The average Bonchev–Trinajstić information content (AvgIpc) is 3.34. The largest absolute Gasteiger partial charge is 0.482 e. The second kappa shape index (κ2) is 18.3. The number of unbranched alkanes of at least 4 members (excludes halogenated alkanes) is 2. The molecule has 5 unspecified atom stereocenters. The number of fused-ring (bicyclic) bond motifs is 2. The van der Waals surface area contributed by atoms with Gasteiger partial charge in [0, 0.05) is 31.4 Å². The summed E-state index contributed by atoms with van der Waals surface area (Å²) in [5, 5.41) is 26.4. The minimum absolute atomic E-state index is 0.0512. The van der Waals surface area contributed by atoms with Crippen LogP contribution in [-0.4, -0.2) is 88.9 Å². The van der Waals surface area contributed by atoms with E-state index in [0.29, 0.717) is 38.1 Å². The predicted molar refractivity (Wildman–Crippen MR) is 201 cm³/mol. The number of carbonyl (C=O) groups excluding carboxylic acids is 2. The summed E-state index contributed by atoms with van der Waals surface area (Å²) in [5.74, 6) is -0.168. The molecule has 1 saturated carbocycles. The maximum absolute atomic E-state index is 13.7. The number of carbonyl (C=O) groups is 3. The van der Waals surface area contributed by atoms with E-state index in [0.717, 1.165) is 62.6 Å². The lowest BCUT2D eigenvalue weighted by Gasteiger charge is -2.35. The number of aliphatic hydroxyl groups excluding tert-OH is 1. The van der Waals surface area contributed by atoms with Crippen LogP contribution in [0, 0.1) is 23.2 Å². The summed E-state index contributed by atoms with van der Waals surface area (Å²) < 4.78 is 11.9. The van der Waals surface area contributed by atoms with E-state index >= 15 is 0 Å². The van der Waals surface area contributed by atoms with Gasteiger partial charge in [-0.05, 0) is 99.2 Å². The molecule has 0 bridgehead atoms. The Kier molecular flexibility index (Phi) is 15.4. The molecule has 1 aromatic carbocycles. The molecule has 0 aliphatic heterocycles. The average molecular weight is 720 g/mol. The number of aliphatic carboxylic acids is 1. The topological polar surface area (TPSA) is 137 Å². The number of ether oxygens (including phenoxy) is 2. The summed E-state index contributed by atoms with van der Waals surface area (Å²) >= 11 is 4.67. The molecule has 50 heavy (non-hydrogen) atoms. The molecule has 0 spiro atoms. The maximum atomic E-state index is 13.7. The van der Waals surface area contributed by atoms with Crippen LogP contribution in [0.2, 0.25) is 0 Å². The van der Waals surface area contributed by atoms with E-state index in [1.807, 2.05) is 12.1 Å². The highest BCUT2D eigenvalue weighted by atomic mass is 32.1. The third-order valence-electron chi connectivity index (χ3n) is 10.7. The van der Waals surface area contributed by atoms with Gasteiger partial charge in [0.05, 0.1) is 6.10 Å². The standard InChI is InChI=1S/C39H65N3O7S/c1-9-10-11-14-28(43)16-17-29-30-20-26-13-12-15-32(48-23-34(44)45)31(26)21-27(30)22-33(29)49-36(47)42(8)39(6,7)35(46)41-19-18-40-25-37(2,3)24-38(4,5)50/h12-13,15,27-30,33,40,43,50H,9-11,14,16-25H2,1-8H3,(H,41,46)(H,44,45). The van der Waals surface area contributed by atoms with Gasteiger partial charge in [0.15, 0.2) is 6.61 Å². The molecule has 0 heterocycles. The van der Waals surface area contributed by atoms with Gasteiger partial charge in [0.2, 0.25) is 5.91 Å². The lowest BCUT2D eigenvalue weighted by atomic mass is 9.73. The summed E-state index contributed by atoms with van der Waals surface area (Å²) in [6.07, 6.45) is 7.10. The number of carboxylic acid groups (broad SMARTS) is 1. The quantitative estimate of drug-likeness (QED) is 0.0786. The highest BCUT2D eigenvalue weighted by Gasteiger charge is 2.48. The fourth-order valence-corrected chi connectivity index (χ4v) is 8.50. The first-order valence-electron chi connectivity index (χ1n) is 18.6. The maximum Gasteiger partial charge on any atom is 0.410 e. The molecule has 3 rings (SSSR count). The molecule has 2 aliphatic rings. The summed E-state index contributed by atoms with van der Waals surface area (Å²) in [6, 6.07) is 5.80. The molecular formula is C39H65N3O7S. The molecule has 2 amide bonds. The fourth-order valence-electron chi connectivity index (χ4n) is 8.08. The van der Waals surface area contributed by atoms with Gasteiger partial charge in [-0.2, -0.15) is 12.6 Å². The first-order valence-corrected chi connectivity index (χ1v) is 19.1. The van der Waals surface area contributed by atoms with Crippen molar-refractivity contribution in [3.05, 3.63) is 29.3 Å². The Morgan fingerprint density at radius 3 is 2.44 bits per heavy atom. The molecule has 0 saturated heterocycles. The van der Waals surface area contributed by atoms with Gasteiger partial charge in [-0.1, -0.05) is 66.0 Å². The molecule has 5 atom stereocenters. The van der Waals surface area contributed by atoms with Crippen LogP contribution in [0.4, 0.5) is 4.79 Å². The SMILES string of the molecule is CCCCCC(O)CCC1C(OC(=O)N(C)C(C)(C)C(=O)NCCNCC(C)(C)CC(C)(C)S)CC2Cc3c(cccc3OCC(=O)O)CC21. The van der Waals surface area contributed by atoms with Crippen molar-refractivity contribution in [2.75, 3.05) is 33.3 Å². The van der Waals surface area contributed by atoms with Crippen LogP contribution in [0.5, 0.6) is 5.75 Å². The Hall–Kier alpha value is -2.50. The van der Waals surface area contributed by atoms with Gasteiger partial charge in [0.1, 0.15) is 17.4 Å². The van der Waals surface area contributed by atoms with Crippen molar-refractivity contribution in [1.29, 1.82) is 0 Å². The summed E-state index contributed by atoms with van der Waals surface area (Å²) in [6.45, 7) is 15.7. The number of carboxylic acids is 1. The van der Waals surface area contributed by atoms with Crippen molar-refractivity contribution in [2.24, 2.45) is 23.2 Å². The van der Waals surface area contributed by atoms with Crippen molar-refractivity contribution < 1.29 is 34.1 Å². The molecule has 0 aromatic heterocycles. The van der Waals surface area contributed by atoms with Crippen LogP contribution >= 0.6 is 12.6 Å². The van der Waals surface area contributed by atoms with Crippen molar-refractivity contribution in [3.63, 3.8) is 0 Å². The predicted octanol–water partition coefficient (Wildman–Crippen LogP) is 6.27. The van der Waals surface area contributed by atoms with Gasteiger partial charge in [0.25, 0.3) is 0 Å². The third kappa shape index (κ3) is 12.3. The van der Waals surface area contributed by atoms with Gasteiger partial charge >= 0.3 is 12.1 Å². The number of nitrogens with one attached hydrogen (secondary N) is 2.